The smallest absolute Gasteiger partial charge is 0.262 e. The van der Waals surface area contributed by atoms with Crippen molar-refractivity contribution >= 4 is 45.0 Å². The molecule has 2 heterocycles. The van der Waals surface area contributed by atoms with Gasteiger partial charge in [-0.3, -0.25) is 25.1 Å². The van der Waals surface area contributed by atoms with E-state index in [0.29, 0.717) is 47.5 Å². The molecule has 2 aliphatic heterocycles. The lowest BCUT2D eigenvalue weighted by Gasteiger charge is -2.40. The van der Waals surface area contributed by atoms with E-state index in [1.807, 2.05) is 36.1 Å². The number of benzene rings is 3. The number of carbonyl (C=O) groups excluding carboxylic acids is 2. The van der Waals surface area contributed by atoms with Crippen LogP contribution < -0.4 is 15.4 Å². The SMILES string of the molecule is CCOc1ccc(S(=O)(=O)N(CCOC)CCOC)cc1C1(C(=O)N2CCN(CC(=O)N(C)C)CC2)NC(c2ccc(Cl)cc2)C(c2ccc(Cl)cc2)N1. The number of hydrogen-bond donors (Lipinski definition) is 2. The highest BCUT2D eigenvalue weighted by atomic mass is 35.5. The Hall–Kier alpha value is -3.31. The normalized spacial score (nSPS) is 20.7. The van der Waals surface area contributed by atoms with Crippen LogP contribution in [-0.4, -0.2) is 133 Å². The fourth-order valence-electron chi connectivity index (χ4n) is 6.77. The fraction of sp³-hybridized carbons (Fsp3) is 0.474. The molecule has 2 fully saturated rings. The molecule has 13 nitrogen and oxygen atoms in total. The van der Waals surface area contributed by atoms with Crippen molar-refractivity contribution in [3.05, 3.63) is 93.5 Å². The summed E-state index contributed by atoms with van der Waals surface area (Å²) in [5, 5.41) is 8.46. The summed E-state index contributed by atoms with van der Waals surface area (Å²) in [7, 11) is 2.35. The number of likely N-dealkylation sites (N-methyl/N-ethyl adjacent to an activating group) is 1. The van der Waals surface area contributed by atoms with E-state index in [-0.39, 0.29) is 56.2 Å². The van der Waals surface area contributed by atoms with Crippen LogP contribution in [0.2, 0.25) is 10.0 Å². The van der Waals surface area contributed by atoms with E-state index in [2.05, 4.69) is 10.6 Å². The molecule has 2 saturated heterocycles. The van der Waals surface area contributed by atoms with E-state index in [1.165, 1.54) is 30.7 Å². The summed E-state index contributed by atoms with van der Waals surface area (Å²) in [5.74, 6) is 0.000931. The molecule has 54 heavy (non-hydrogen) atoms. The number of piperazine rings is 1. The Morgan fingerprint density at radius 3 is 1.81 bits per heavy atom. The largest absolute Gasteiger partial charge is 0.493 e. The molecule has 2 N–H and O–H groups in total. The lowest BCUT2D eigenvalue weighted by molar-refractivity contribution is -0.142. The number of nitrogens with zero attached hydrogens (tertiary/aromatic N) is 4. The van der Waals surface area contributed by atoms with Crippen molar-refractivity contribution in [1.82, 2.24) is 29.6 Å². The van der Waals surface area contributed by atoms with Gasteiger partial charge in [0.1, 0.15) is 5.75 Å². The van der Waals surface area contributed by atoms with E-state index < -0.39 is 27.8 Å². The number of rotatable bonds is 16. The molecule has 0 bridgehead atoms. The number of nitrogens with one attached hydrogen (secondary N) is 2. The molecule has 2 unspecified atom stereocenters. The summed E-state index contributed by atoms with van der Waals surface area (Å²) < 4.78 is 46.6. The van der Waals surface area contributed by atoms with Gasteiger partial charge in [-0.15, -0.1) is 0 Å². The van der Waals surface area contributed by atoms with Gasteiger partial charge in [0.05, 0.1) is 43.3 Å². The average molecular weight is 806 g/mol. The topological polar surface area (TPSA) is 133 Å². The first-order chi connectivity index (χ1) is 25.8. The first-order valence-corrected chi connectivity index (χ1v) is 20.1. The van der Waals surface area contributed by atoms with Crippen molar-refractivity contribution in [1.29, 1.82) is 0 Å². The van der Waals surface area contributed by atoms with Crippen LogP contribution in [0.15, 0.2) is 71.6 Å². The molecular formula is C38H50Cl2N6O7S. The monoisotopic (exact) mass is 804 g/mol. The quantitative estimate of drug-likeness (QED) is 0.221. The maximum atomic E-state index is 15.4. The van der Waals surface area contributed by atoms with E-state index in [4.69, 9.17) is 37.4 Å². The lowest BCUT2D eigenvalue weighted by atomic mass is 9.95. The van der Waals surface area contributed by atoms with Crippen LogP contribution in [0.5, 0.6) is 5.75 Å². The summed E-state index contributed by atoms with van der Waals surface area (Å²) in [6.45, 7) is 4.52. The summed E-state index contributed by atoms with van der Waals surface area (Å²) in [6, 6.07) is 18.4. The van der Waals surface area contributed by atoms with E-state index in [0.717, 1.165) is 11.1 Å². The predicted octanol–water partition coefficient (Wildman–Crippen LogP) is 3.74. The molecule has 2 atom stereocenters. The summed E-state index contributed by atoms with van der Waals surface area (Å²) in [5.41, 5.74) is 0.326. The third kappa shape index (κ3) is 9.37. The molecular weight excluding hydrogens is 755 g/mol. The fourth-order valence-corrected chi connectivity index (χ4v) is 8.46. The van der Waals surface area contributed by atoms with Gasteiger partial charge in [0.25, 0.3) is 5.91 Å². The number of sulfonamides is 1. The summed E-state index contributed by atoms with van der Waals surface area (Å²) in [4.78, 5) is 33.2. The minimum atomic E-state index is -4.11. The second-order valence-electron chi connectivity index (χ2n) is 13.4. The van der Waals surface area contributed by atoms with Crippen LogP contribution in [0.4, 0.5) is 0 Å². The van der Waals surface area contributed by atoms with Crippen molar-refractivity contribution in [3.8, 4) is 5.75 Å². The number of halogens is 2. The van der Waals surface area contributed by atoms with E-state index >= 15 is 4.79 Å². The number of methoxy groups -OCH3 is 2. The first kappa shape index (κ1) is 41.8. The van der Waals surface area contributed by atoms with Gasteiger partial charge in [-0.1, -0.05) is 47.5 Å². The molecule has 0 radical (unpaired) electrons. The molecule has 0 spiro atoms. The van der Waals surface area contributed by atoms with Gasteiger partial charge in [0, 0.05) is 83.2 Å². The maximum absolute atomic E-state index is 15.4. The molecule has 3 aromatic carbocycles. The van der Waals surface area contributed by atoms with Gasteiger partial charge < -0.3 is 24.0 Å². The minimum absolute atomic E-state index is 0.0195. The zero-order chi connectivity index (χ0) is 39.0. The molecule has 5 rings (SSSR count). The van der Waals surface area contributed by atoms with Crippen molar-refractivity contribution < 1.29 is 32.2 Å². The highest BCUT2D eigenvalue weighted by molar-refractivity contribution is 7.89. The van der Waals surface area contributed by atoms with Gasteiger partial charge >= 0.3 is 0 Å². The van der Waals surface area contributed by atoms with E-state index in [9.17, 15) is 13.2 Å². The molecule has 0 aliphatic carbocycles. The molecule has 0 aromatic heterocycles. The van der Waals surface area contributed by atoms with Crippen LogP contribution in [0.25, 0.3) is 0 Å². The van der Waals surface area contributed by atoms with Gasteiger partial charge in [-0.2, -0.15) is 4.31 Å². The zero-order valence-electron chi connectivity index (χ0n) is 31.4. The second kappa shape index (κ2) is 18.5. The van der Waals surface area contributed by atoms with Crippen molar-refractivity contribution in [2.45, 2.75) is 29.6 Å². The molecule has 3 aromatic rings. The van der Waals surface area contributed by atoms with Crippen LogP contribution in [0.1, 0.15) is 35.7 Å². The number of hydrogen-bond acceptors (Lipinski definition) is 10. The Balaban J connectivity index is 1.67. The molecule has 16 heteroatoms. The van der Waals surface area contributed by atoms with Crippen molar-refractivity contribution in [2.24, 2.45) is 0 Å². The van der Waals surface area contributed by atoms with Crippen LogP contribution >= 0.6 is 23.2 Å². The molecule has 294 valence electrons. The van der Waals surface area contributed by atoms with Crippen LogP contribution in [0.3, 0.4) is 0 Å². The van der Waals surface area contributed by atoms with Gasteiger partial charge in [-0.25, -0.2) is 8.42 Å². The van der Waals surface area contributed by atoms with Gasteiger partial charge in [0.15, 0.2) is 5.66 Å². The molecule has 2 amide bonds. The number of amides is 2. The Bertz CT molecular complexity index is 1780. The number of carbonyl (C=O) groups is 2. The minimum Gasteiger partial charge on any atom is -0.493 e. The predicted molar refractivity (Wildman–Crippen MR) is 208 cm³/mol. The third-order valence-electron chi connectivity index (χ3n) is 9.76. The van der Waals surface area contributed by atoms with Crippen LogP contribution in [-0.2, 0) is 34.7 Å². The molecule has 0 saturated carbocycles. The second-order valence-corrected chi connectivity index (χ2v) is 16.2. The summed E-state index contributed by atoms with van der Waals surface area (Å²) in [6.07, 6.45) is 0. The van der Waals surface area contributed by atoms with E-state index in [1.54, 1.807) is 54.2 Å². The lowest BCUT2D eigenvalue weighted by Crippen LogP contribution is -2.62. The van der Waals surface area contributed by atoms with Crippen molar-refractivity contribution in [2.75, 3.05) is 93.9 Å². The number of ether oxygens (including phenoxy) is 3. The molecule has 2 aliphatic rings. The Kier molecular flexibility index (Phi) is 14.4. The van der Waals surface area contributed by atoms with Crippen LogP contribution in [0, 0.1) is 0 Å². The Labute approximate surface area is 328 Å². The average Bonchev–Trinajstić information content (AvgIpc) is 3.57. The van der Waals surface area contributed by atoms with Gasteiger partial charge in [0.2, 0.25) is 15.9 Å². The summed E-state index contributed by atoms with van der Waals surface area (Å²) >= 11 is 12.7. The maximum Gasteiger partial charge on any atom is 0.262 e. The standard InChI is InChI=1S/C38H50Cl2N6O7S/c1-6-53-33-16-15-31(54(49,50)46(21-23-51-4)22-24-52-5)25-32(33)38(37(48)45-19-17-44(18-20-45)26-34(47)43(2)3)41-35(27-7-11-29(39)12-8-27)36(42-38)28-9-13-30(40)14-10-28/h7-16,25,35-36,41-42H,6,17-24,26H2,1-5H3. The Morgan fingerprint density at radius 2 is 1.35 bits per heavy atom. The van der Waals surface area contributed by atoms with Gasteiger partial charge in [-0.05, 0) is 60.5 Å². The first-order valence-electron chi connectivity index (χ1n) is 17.9. The zero-order valence-corrected chi connectivity index (χ0v) is 33.7. The Morgan fingerprint density at radius 1 is 0.833 bits per heavy atom. The van der Waals surface area contributed by atoms with Crippen molar-refractivity contribution in [3.63, 3.8) is 0 Å². The highest BCUT2D eigenvalue weighted by Crippen LogP contribution is 2.45. The third-order valence-corrected chi connectivity index (χ3v) is 12.2. The highest BCUT2D eigenvalue weighted by Gasteiger charge is 2.55.